The first-order valence-electron chi connectivity index (χ1n) is 7.76. The van der Waals surface area contributed by atoms with Gasteiger partial charge in [0.2, 0.25) is 0 Å². The molecule has 0 spiro atoms. The smallest absolute Gasteiger partial charge is 0.257 e. The molecule has 0 bridgehead atoms. The van der Waals surface area contributed by atoms with Gasteiger partial charge >= 0.3 is 0 Å². The molecule has 1 aliphatic heterocycles. The fourth-order valence-corrected chi connectivity index (χ4v) is 2.99. The van der Waals surface area contributed by atoms with Crippen LogP contribution >= 0.6 is 15.9 Å². The van der Waals surface area contributed by atoms with E-state index >= 15 is 0 Å². The molecule has 4 nitrogen and oxygen atoms in total. The van der Waals surface area contributed by atoms with E-state index < -0.39 is 0 Å². The van der Waals surface area contributed by atoms with Crippen LogP contribution in [-0.4, -0.2) is 37.0 Å². The maximum Gasteiger partial charge on any atom is 0.257 e. The number of nitrogens with zero attached hydrogens (tertiary/aromatic N) is 1. The normalized spacial score (nSPS) is 15.1. The Hall–Kier alpha value is -1.85. The fourth-order valence-electron chi connectivity index (χ4n) is 2.61. The van der Waals surface area contributed by atoms with Crippen molar-refractivity contribution in [3.05, 3.63) is 58.6 Å². The van der Waals surface area contributed by atoms with Crippen LogP contribution in [-0.2, 0) is 0 Å². The van der Waals surface area contributed by atoms with E-state index in [1.807, 2.05) is 53.4 Å². The predicted octanol–water partition coefficient (Wildman–Crippen LogP) is 3.68. The van der Waals surface area contributed by atoms with E-state index in [4.69, 9.17) is 4.74 Å². The Morgan fingerprint density at radius 2 is 1.96 bits per heavy atom. The molecule has 2 aromatic rings. The van der Waals surface area contributed by atoms with Crippen LogP contribution in [0.4, 0.5) is 0 Å². The number of halogens is 1. The Morgan fingerprint density at radius 1 is 1.09 bits per heavy atom. The molecular weight excluding hydrogens is 356 g/mol. The summed E-state index contributed by atoms with van der Waals surface area (Å²) in [6, 6.07) is 15.0. The minimum atomic E-state index is 0.0271. The molecule has 1 amide bonds. The summed E-state index contributed by atoms with van der Waals surface area (Å²) in [5.41, 5.74) is 0.606. The van der Waals surface area contributed by atoms with E-state index in [-0.39, 0.29) is 5.91 Å². The zero-order chi connectivity index (χ0) is 16.1. The Kier molecular flexibility index (Phi) is 5.31. The Bertz CT molecular complexity index is 682. The predicted molar refractivity (Wildman–Crippen MR) is 94.0 cm³/mol. The first-order chi connectivity index (χ1) is 11.2. The first kappa shape index (κ1) is 16.0. The van der Waals surface area contributed by atoms with Crippen molar-refractivity contribution in [2.24, 2.45) is 0 Å². The quantitative estimate of drug-likeness (QED) is 0.890. The maximum absolute atomic E-state index is 12.8. The van der Waals surface area contributed by atoms with Crippen LogP contribution < -0.4 is 10.1 Å². The lowest BCUT2D eigenvalue weighted by Crippen LogP contribution is -2.34. The van der Waals surface area contributed by atoms with E-state index in [2.05, 4.69) is 21.2 Å². The SMILES string of the molecule is O=C(c1ccccc1Oc1cccc(Br)c1)N1CCCNCC1. The number of hydrogen-bond acceptors (Lipinski definition) is 3. The summed E-state index contributed by atoms with van der Waals surface area (Å²) in [5, 5.41) is 3.31. The molecule has 0 aliphatic carbocycles. The van der Waals surface area contributed by atoms with Gasteiger partial charge in [-0.05, 0) is 43.3 Å². The van der Waals surface area contributed by atoms with Crippen molar-refractivity contribution in [1.29, 1.82) is 0 Å². The van der Waals surface area contributed by atoms with Gasteiger partial charge in [-0.15, -0.1) is 0 Å². The van der Waals surface area contributed by atoms with Gasteiger partial charge in [0.25, 0.3) is 5.91 Å². The van der Waals surface area contributed by atoms with Crippen molar-refractivity contribution >= 4 is 21.8 Å². The van der Waals surface area contributed by atoms with E-state index in [0.717, 1.165) is 37.1 Å². The van der Waals surface area contributed by atoms with Gasteiger partial charge in [-0.2, -0.15) is 0 Å². The number of amides is 1. The number of carbonyl (C=O) groups excluding carboxylic acids is 1. The molecule has 1 N–H and O–H groups in total. The Balaban J connectivity index is 1.83. The van der Waals surface area contributed by atoms with Crippen LogP contribution in [0.5, 0.6) is 11.5 Å². The van der Waals surface area contributed by atoms with E-state index in [1.54, 1.807) is 0 Å². The minimum absolute atomic E-state index is 0.0271. The van der Waals surface area contributed by atoms with E-state index in [0.29, 0.717) is 17.1 Å². The molecule has 1 heterocycles. The highest BCUT2D eigenvalue weighted by Gasteiger charge is 2.20. The van der Waals surface area contributed by atoms with Gasteiger partial charge in [0.1, 0.15) is 11.5 Å². The molecule has 0 radical (unpaired) electrons. The maximum atomic E-state index is 12.8. The number of para-hydroxylation sites is 1. The van der Waals surface area contributed by atoms with Crippen LogP contribution in [0.25, 0.3) is 0 Å². The van der Waals surface area contributed by atoms with Crippen molar-refractivity contribution in [3.8, 4) is 11.5 Å². The summed E-state index contributed by atoms with van der Waals surface area (Å²) >= 11 is 3.43. The summed E-state index contributed by atoms with van der Waals surface area (Å²) in [4.78, 5) is 14.7. The zero-order valence-electron chi connectivity index (χ0n) is 12.8. The molecule has 0 atom stereocenters. The number of ether oxygens (including phenoxy) is 1. The Morgan fingerprint density at radius 3 is 2.83 bits per heavy atom. The summed E-state index contributed by atoms with van der Waals surface area (Å²) in [7, 11) is 0. The number of hydrogen-bond donors (Lipinski definition) is 1. The largest absolute Gasteiger partial charge is 0.456 e. The summed E-state index contributed by atoms with van der Waals surface area (Å²) in [5.74, 6) is 1.32. The molecule has 0 saturated carbocycles. The molecular formula is C18H19BrN2O2. The zero-order valence-corrected chi connectivity index (χ0v) is 14.4. The van der Waals surface area contributed by atoms with Crippen LogP contribution in [0.2, 0.25) is 0 Å². The van der Waals surface area contributed by atoms with E-state index in [9.17, 15) is 4.79 Å². The molecule has 1 fully saturated rings. The van der Waals surface area contributed by atoms with Crippen LogP contribution in [0.3, 0.4) is 0 Å². The number of rotatable bonds is 3. The van der Waals surface area contributed by atoms with E-state index in [1.165, 1.54) is 0 Å². The standard InChI is InChI=1S/C18H19BrN2O2/c19-14-5-3-6-15(13-14)23-17-8-2-1-7-16(17)18(22)21-11-4-9-20-10-12-21/h1-3,5-8,13,20H,4,9-12H2. The van der Waals surface area contributed by atoms with Gasteiger partial charge in [-0.3, -0.25) is 4.79 Å². The van der Waals surface area contributed by atoms with Gasteiger partial charge in [0.15, 0.2) is 0 Å². The van der Waals surface area contributed by atoms with Crippen LogP contribution in [0.15, 0.2) is 53.0 Å². The molecule has 1 saturated heterocycles. The average molecular weight is 375 g/mol. The lowest BCUT2D eigenvalue weighted by atomic mass is 10.1. The van der Waals surface area contributed by atoms with Gasteiger partial charge in [-0.1, -0.05) is 34.1 Å². The van der Waals surface area contributed by atoms with Crippen molar-refractivity contribution in [2.75, 3.05) is 26.2 Å². The third-order valence-electron chi connectivity index (χ3n) is 3.77. The highest BCUT2D eigenvalue weighted by Crippen LogP contribution is 2.28. The topological polar surface area (TPSA) is 41.6 Å². The van der Waals surface area contributed by atoms with Gasteiger partial charge in [-0.25, -0.2) is 0 Å². The van der Waals surface area contributed by atoms with Crippen molar-refractivity contribution < 1.29 is 9.53 Å². The highest BCUT2D eigenvalue weighted by atomic mass is 79.9. The van der Waals surface area contributed by atoms with Crippen molar-refractivity contribution in [3.63, 3.8) is 0 Å². The second-order valence-corrected chi connectivity index (χ2v) is 6.37. The first-order valence-corrected chi connectivity index (χ1v) is 8.56. The molecule has 1 aliphatic rings. The molecule has 0 unspecified atom stereocenters. The third kappa shape index (κ3) is 4.12. The second-order valence-electron chi connectivity index (χ2n) is 5.45. The molecule has 23 heavy (non-hydrogen) atoms. The molecule has 0 aromatic heterocycles. The summed E-state index contributed by atoms with van der Waals surface area (Å²) in [6.45, 7) is 3.29. The fraction of sp³-hybridized carbons (Fsp3) is 0.278. The number of benzene rings is 2. The van der Waals surface area contributed by atoms with Gasteiger partial charge in [0, 0.05) is 24.1 Å². The van der Waals surface area contributed by atoms with Gasteiger partial charge < -0.3 is 15.0 Å². The van der Waals surface area contributed by atoms with Gasteiger partial charge in [0.05, 0.1) is 5.56 Å². The van der Waals surface area contributed by atoms with Crippen LogP contribution in [0, 0.1) is 0 Å². The monoisotopic (exact) mass is 374 g/mol. The lowest BCUT2D eigenvalue weighted by molar-refractivity contribution is 0.0764. The van der Waals surface area contributed by atoms with Crippen molar-refractivity contribution in [1.82, 2.24) is 10.2 Å². The minimum Gasteiger partial charge on any atom is -0.456 e. The summed E-state index contributed by atoms with van der Waals surface area (Å²) < 4.78 is 6.88. The lowest BCUT2D eigenvalue weighted by Gasteiger charge is -2.21. The third-order valence-corrected chi connectivity index (χ3v) is 4.26. The second kappa shape index (κ2) is 7.62. The van der Waals surface area contributed by atoms with Crippen LogP contribution in [0.1, 0.15) is 16.8 Å². The number of carbonyl (C=O) groups is 1. The molecule has 2 aromatic carbocycles. The highest BCUT2D eigenvalue weighted by molar-refractivity contribution is 9.10. The Labute approximate surface area is 144 Å². The molecule has 5 heteroatoms. The average Bonchev–Trinajstić information content (AvgIpc) is 2.84. The van der Waals surface area contributed by atoms with Crippen molar-refractivity contribution in [2.45, 2.75) is 6.42 Å². The summed E-state index contributed by atoms with van der Waals surface area (Å²) in [6.07, 6.45) is 0.973. The number of nitrogens with one attached hydrogen (secondary N) is 1. The molecule has 3 rings (SSSR count). The molecule has 120 valence electrons.